The van der Waals surface area contributed by atoms with Gasteiger partial charge in [-0.2, -0.15) is 0 Å². The Bertz CT molecular complexity index is 1840. The van der Waals surface area contributed by atoms with E-state index >= 15 is 0 Å². The van der Waals surface area contributed by atoms with Crippen LogP contribution in [0.25, 0.3) is 0 Å². The summed E-state index contributed by atoms with van der Waals surface area (Å²) in [6, 6.07) is 0. The number of hydrogen-bond donors (Lipinski definition) is 6. The molecule has 0 bridgehead atoms. The molecule has 0 aromatic carbocycles. The molecular formula is C32H48N14O8. The van der Waals surface area contributed by atoms with Gasteiger partial charge in [-0.3, -0.25) is 0 Å². The smallest absolute Gasteiger partial charge is 0.343 e. The van der Waals surface area contributed by atoms with Crippen LogP contribution in [0.5, 0.6) is 0 Å². The van der Waals surface area contributed by atoms with Crippen LogP contribution >= 0.6 is 0 Å². The molecule has 0 radical (unpaired) electrons. The van der Waals surface area contributed by atoms with Crippen LogP contribution in [0, 0.1) is 73.6 Å². The number of hydrogen-bond acceptors (Lipinski definition) is 14. The highest BCUT2D eigenvalue weighted by molar-refractivity contribution is 5.32. The Morgan fingerprint density at radius 2 is 0.796 bits per heavy atom. The normalized spacial score (nSPS) is 12.0. The van der Waals surface area contributed by atoms with Crippen LogP contribution < -0.4 is 11.5 Å². The number of nitrogens with two attached hydrogens (primary N) is 2. The van der Waals surface area contributed by atoms with Gasteiger partial charge in [0.15, 0.2) is 23.3 Å². The molecule has 4 aromatic rings. The minimum absolute atomic E-state index is 0.0388. The lowest BCUT2D eigenvalue weighted by Gasteiger charge is -2.50. The number of unbranched alkanes of at least 4 members (excludes halogenated alkanes) is 3. The molecular weight excluding hydrogens is 708 g/mol. The van der Waals surface area contributed by atoms with Crippen molar-refractivity contribution >= 4 is 23.3 Å². The summed E-state index contributed by atoms with van der Waals surface area (Å²) in [6.07, 6.45) is 4.30. The zero-order chi connectivity index (χ0) is 39.8. The maximum Gasteiger partial charge on any atom is 0.343 e. The minimum Gasteiger partial charge on any atom is -0.358 e. The van der Waals surface area contributed by atoms with E-state index in [1.807, 2.05) is 0 Å². The summed E-state index contributed by atoms with van der Waals surface area (Å²) in [5.41, 5.74) is 11.9. The number of aromatic nitrogens is 8. The van der Waals surface area contributed by atoms with Crippen molar-refractivity contribution in [1.29, 1.82) is 0 Å². The van der Waals surface area contributed by atoms with Crippen LogP contribution in [0.2, 0.25) is 0 Å². The van der Waals surface area contributed by atoms with Gasteiger partial charge in [0.2, 0.25) is 0 Å². The average Bonchev–Trinajstić information content (AvgIpc) is 3.88. The van der Waals surface area contributed by atoms with Crippen molar-refractivity contribution in [2.24, 2.45) is 16.9 Å². The number of rotatable bonds is 23. The first-order valence-electron chi connectivity index (χ1n) is 17.8. The molecule has 0 aliphatic carbocycles. The molecule has 22 heteroatoms. The van der Waals surface area contributed by atoms with Gasteiger partial charge in [-0.15, -0.1) is 0 Å². The Hall–Kier alpha value is -5.64. The summed E-state index contributed by atoms with van der Waals surface area (Å²) in [4.78, 5) is 74.2. The van der Waals surface area contributed by atoms with Crippen LogP contribution in [0.1, 0.15) is 104 Å². The maximum absolute atomic E-state index is 12.0. The zero-order valence-corrected chi connectivity index (χ0v) is 30.9. The van der Waals surface area contributed by atoms with Gasteiger partial charge in [0.25, 0.3) is 0 Å². The lowest BCUT2D eigenvalue weighted by molar-refractivity contribution is -0.390. The minimum atomic E-state index is -1.30. The Morgan fingerprint density at radius 1 is 0.500 bits per heavy atom. The van der Waals surface area contributed by atoms with E-state index in [0.29, 0.717) is 42.7 Å². The van der Waals surface area contributed by atoms with Gasteiger partial charge in [-0.05, 0) is 83.0 Å². The van der Waals surface area contributed by atoms with Gasteiger partial charge in [0, 0.05) is 46.1 Å². The van der Waals surface area contributed by atoms with Crippen molar-refractivity contribution < 1.29 is 19.7 Å². The summed E-state index contributed by atoms with van der Waals surface area (Å²) in [7, 11) is 0. The summed E-state index contributed by atoms with van der Waals surface area (Å²) >= 11 is 0. The van der Waals surface area contributed by atoms with Gasteiger partial charge in [0.1, 0.15) is 22.8 Å². The molecule has 0 aliphatic heterocycles. The molecule has 8 N–H and O–H groups in total. The highest BCUT2D eigenvalue weighted by Crippen LogP contribution is 2.49. The van der Waals surface area contributed by atoms with Crippen molar-refractivity contribution in [3.63, 3.8) is 0 Å². The Kier molecular flexibility index (Phi) is 13.3. The highest BCUT2D eigenvalue weighted by Gasteiger charge is 2.48. The number of aryl methyl sites for hydroxylation is 8. The molecule has 0 aliphatic rings. The SMILES string of the molecule is Cc1nc(CCC(N)(CCc2nc(C)[nH]c2[N+](=O)[O-])C(CCCCCCN)(CCc2nc(C)[nH]c2[N+](=O)[O-])CCc2nc(C)[nH]c2[N+](=O)[O-])c([N+](=O)[O-])[nH]1. The third-order valence-corrected chi connectivity index (χ3v) is 10.2. The fraction of sp³-hybridized carbons (Fsp3) is 0.625. The predicted molar refractivity (Wildman–Crippen MR) is 195 cm³/mol. The third kappa shape index (κ3) is 9.66. The predicted octanol–water partition coefficient (Wildman–Crippen LogP) is 4.87. The molecule has 0 spiro atoms. The highest BCUT2D eigenvalue weighted by atomic mass is 16.6. The topological polar surface area (TPSA) is 339 Å². The molecule has 4 rings (SSSR count). The first kappa shape index (κ1) is 41.1. The quantitative estimate of drug-likeness (QED) is 0.0334. The summed E-state index contributed by atoms with van der Waals surface area (Å²) in [5.74, 6) is 0.232. The first-order chi connectivity index (χ1) is 25.5. The van der Waals surface area contributed by atoms with Crippen molar-refractivity contribution in [2.75, 3.05) is 6.54 Å². The Labute approximate surface area is 309 Å². The van der Waals surface area contributed by atoms with Crippen molar-refractivity contribution in [3.8, 4) is 0 Å². The second kappa shape index (κ2) is 17.5. The van der Waals surface area contributed by atoms with Crippen LogP contribution in [0.3, 0.4) is 0 Å². The Balaban J connectivity index is 1.89. The molecule has 4 aromatic heterocycles. The van der Waals surface area contributed by atoms with E-state index in [-0.39, 0.29) is 97.4 Å². The second-order valence-electron chi connectivity index (χ2n) is 13.9. The van der Waals surface area contributed by atoms with Crippen LogP contribution in [-0.2, 0) is 25.7 Å². The summed E-state index contributed by atoms with van der Waals surface area (Å²) in [6.45, 7) is 6.89. The number of H-pyrrole nitrogens is 4. The van der Waals surface area contributed by atoms with Gasteiger partial charge in [-0.1, -0.05) is 19.3 Å². The fourth-order valence-electron chi connectivity index (χ4n) is 7.55. The van der Waals surface area contributed by atoms with E-state index in [1.165, 1.54) is 0 Å². The largest absolute Gasteiger partial charge is 0.358 e. The van der Waals surface area contributed by atoms with E-state index < -0.39 is 30.6 Å². The van der Waals surface area contributed by atoms with E-state index in [2.05, 4.69) is 39.9 Å². The first-order valence-corrected chi connectivity index (χ1v) is 17.8. The van der Waals surface area contributed by atoms with Crippen molar-refractivity contribution in [3.05, 3.63) is 86.5 Å². The third-order valence-electron chi connectivity index (χ3n) is 10.2. The van der Waals surface area contributed by atoms with E-state index in [1.54, 1.807) is 27.7 Å². The number of nitrogens with one attached hydrogen (secondary N) is 4. The number of imidazole rings is 4. The van der Waals surface area contributed by atoms with Gasteiger partial charge in [0.05, 0.1) is 0 Å². The molecule has 0 amide bonds. The average molecular weight is 757 g/mol. The molecule has 294 valence electrons. The molecule has 0 saturated carbocycles. The molecule has 4 heterocycles. The summed E-state index contributed by atoms with van der Waals surface area (Å²) < 4.78 is 0. The molecule has 0 atom stereocenters. The van der Waals surface area contributed by atoms with Gasteiger partial charge >= 0.3 is 23.3 Å². The van der Waals surface area contributed by atoms with Crippen LogP contribution in [0.15, 0.2) is 0 Å². The standard InChI is InChI=1S/C32H48N14O8/c1-19-35-23(27(39-19)43(47)48)9-14-31(13-7-5-6-8-18-33,15-10-24-28(44(49)50)40-20(2)36-24)32(34,16-11-25-29(45(51)52)41-21(3)37-25)17-12-26-30(46(53)54)42-22(4)38-26/h5-18,33-34H2,1-4H3,(H,35,39)(H,36,40)(H,37,41)(H,38,42). The van der Waals surface area contributed by atoms with Crippen molar-refractivity contribution in [2.45, 2.75) is 117 Å². The Morgan fingerprint density at radius 3 is 1.09 bits per heavy atom. The van der Waals surface area contributed by atoms with E-state index in [4.69, 9.17) is 11.5 Å². The van der Waals surface area contributed by atoms with E-state index in [9.17, 15) is 40.5 Å². The number of nitrogens with zero attached hydrogens (tertiary/aromatic N) is 8. The van der Waals surface area contributed by atoms with Crippen LogP contribution in [0.4, 0.5) is 23.3 Å². The van der Waals surface area contributed by atoms with Gasteiger partial charge in [-0.25, -0.2) is 39.9 Å². The molecule has 54 heavy (non-hydrogen) atoms. The molecule has 22 nitrogen and oxygen atoms in total. The molecule has 0 saturated heterocycles. The molecule has 0 fully saturated rings. The van der Waals surface area contributed by atoms with Gasteiger partial charge < -0.3 is 51.9 Å². The second-order valence-corrected chi connectivity index (χ2v) is 13.9. The van der Waals surface area contributed by atoms with Crippen LogP contribution in [-0.4, -0.2) is 71.6 Å². The zero-order valence-electron chi connectivity index (χ0n) is 30.9. The lowest BCUT2D eigenvalue weighted by Crippen LogP contribution is -2.57. The lowest BCUT2D eigenvalue weighted by atomic mass is 9.58. The fourth-order valence-corrected chi connectivity index (χ4v) is 7.55. The molecule has 0 unspecified atom stereocenters. The number of aromatic amines is 4. The van der Waals surface area contributed by atoms with E-state index in [0.717, 1.165) is 19.3 Å². The monoisotopic (exact) mass is 756 g/mol. The number of nitro groups is 4. The van der Waals surface area contributed by atoms with Crippen molar-refractivity contribution in [1.82, 2.24) is 39.9 Å². The summed E-state index contributed by atoms with van der Waals surface area (Å²) in [5, 5.41) is 48.0. The maximum atomic E-state index is 12.0.